The predicted octanol–water partition coefficient (Wildman–Crippen LogP) is 1.72. The van der Waals surface area contributed by atoms with Crippen LogP contribution in [-0.4, -0.2) is 32.3 Å². The van der Waals surface area contributed by atoms with Gasteiger partial charge in [0.25, 0.3) is 5.69 Å². The molecule has 0 aliphatic rings. The molecule has 0 saturated heterocycles. The fourth-order valence-corrected chi connectivity index (χ4v) is 2.28. The lowest BCUT2D eigenvalue weighted by Crippen LogP contribution is -2.24. The van der Waals surface area contributed by atoms with Crippen LogP contribution in [0.4, 0.5) is 5.69 Å². The maximum atomic E-state index is 12.8. The zero-order valence-electron chi connectivity index (χ0n) is 13.0. The normalized spacial score (nSPS) is 10.4. The second-order valence-electron chi connectivity index (χ2n) is 4.95. The molecule has 0 unspecified atom stereocenters. The zero-order valence-corrected chi connectivity index (χ0v) is 13.0. The summed E-state index contributed by atoms with van der Waals surface area (Å²) in [5.74, 6) is -1.03. The predicted molar refractivity (Wildman–Crippen MR) is 87.2 cm³/mol. The van der Waals surface area contributed by atoms with E-state index in [0.29, 0.717) is 5.69 Å². The molecule has 0 bridgehead atoms. The fraction of sp³-hybridized carbons (Fsp3) is 0.0625. The van der Waals surface area contributed by atoms with Crippen LogP contribution in [0.2, 0.25) is 0 Å². The minimum Gasteiger partial charge on any atom is -0.463 e. The molecule has 0 saturated carbocycles. The highest BCUT2D eigenvalue weighted by atomic mass is 16.6. The molecule has 0 aliphatic heterocycles. The summed E-state index contributed by atoms with van der Waals surface area (Å²) in [6.07, 6.45) is 0. The van der Waals surface area contributed by atoms with Gasteiger partial charge in [-0.3, -0.25) is 10.1 Å². The first-order valence-corrected chi connectivity index (χ1v) is 7.13. The molecule has 1 heterocycles. The zero-order chi connectivity index (χ0) is 18.0. The molecule has 9 heteroatoms. The number of hydrogen-bond acceptors (Lipinski definition) is 6. The van der Waals surface area contributed by atoms with Gasteiger partial charge in [-0.15, -0.1) is 5.10 Å². The smallest absolute Gasteiger partial charge is 0.376 e. The van der Waals surface area contributed by atoms with Gasteiger partial charge in [0.05, 0.1) is 23.4 Å². The van der Waals surface area contributed by atoms with E-state index in [4.69, 9.17) is 0 Å². The number of carbonyl (C=O) groups is 1. The molecule has 1 aromatic heterocycles. The molecule has 0 amide bonds. The van der Waals surface area contributed by atoms with Crippen LogP contribution in [0.25, 0.3) is 11.4 Å². The number of aromatic nitrogens is 3. The van der Waals surface area contributed by atoms with Crippen molar-refractivity contribution in [2.45, 2.75) is 0 Å². The van der Waals surface area contributed by atoms with Gasteiger partial charge >= 0.3 is 11.7 Å². The third-order valence-corrected chi connectivity index (χ3v) is 3.47. The van der Waals surface area contributed by atoms with Crippen LogP contribution in [0.15, 0.2) is 59.4 Å². The quantitative estimate of drug-likeness (QED) is 0.406. The van der Waals surface area contributed by atoms with Gasteiger partial charge in [-0.2, -0.15) is 4.68 Å². The minimum absolute atomic E-state index is 0.133. The van der Waals surface area contributed by atoms with Gasteiger partial charge in [0, 0.05) is 12.1 Å². The van der Waals surface area contributed by atoms with Crippen molar-refractivity contribution < 1.29 is 14.5 Å². The number of benzene rings is 2. The number of nitro groups is 1. The van der Waals surface area contributed by atoms with Gasteiger partial charge in [-0.1, -0.05) is 18.2 Å². The van der Waals surface area contributed by atoms with Crippen LogP contribution in [-0.2, 0) is 4.74 Å². The standard InChI is InChI=1S/C16H12N4O5/c1-25-15(21)14-17-19(12-5-3-2-4-6-12)16(22)18(14)11-7-9-13(10-8-11)20(23)24/h2-10H,1H3. The van der Waals surface area contributed by atoms with Crippen molar-refractivity contribution in [3.05, 3.63) is 81.0 Å². The number of esters is 1. The van der Waals surface area contributed by atoms with Crippen molar-refractivity contribution in [3.8, 4) is 11.4 Å². The van der Waals surface area contributed by atoms with E-state index in [1.165, 1.54) is 31.4 Å². The SMILES string of the molecule is COC(=O)c1nn(-c2ccccc2)c(=O)n1-c1ccc([N+](=O)[O-])cc1. The third kappa shape index (κ3) is 2.90. The molecule has 0 atom stereocenters. The largest absolute Gasteiger partial charge is 0.463 e. The van der Waals surface area contributed by atoms with Crippen molar-refractivity contribution >= 4 is 11.7 Å². The maximum absolute atomic E-state index is 12.8. The fourth-order valence-electron chi connectivity index (χ4n) is 2.28. The summed E-state index contributed by atoms with van der Waals surface area (Å²) in [5, 5.41) is 14.8. The van der Waals surface area contributed by atoms with Crippen molar-refractivity contribution in [2.75, 3.05) is 7.11 Å². The van der Waals surface area contributed by atoms with E-state index in [0.717, 1.165) is 9.25 Å². The number of ether oxygens (including phenoxy) is 1. The summed E-state index contributed by atoms with van der Waals surface area (Å²) in [5.41, 5.74) is 0.00353. The molecule has 0 N–H and O–H groups in total. The van der Waals surface area contributed by atoms with Crippen LogP contribution in [0, 0.1) is 10.1 Å². The molecule has 126 valence electrons. The molecular formula is C16H12N4O5. The van der Waals surface area contributed by atoms with Crippen LogP contribution in [0.3, 0.4) is 0 Å². The van der Waals surface area contributed by atoms with E-state index in [1.54, 1.807) is 30.3 Å². The number of rotatable bonds is 4. The Bertz CT molecular complexity index is 990. The third-order valence-electron chi connectivity index (χ3n) is 3.47. The molecule has 0 aliphatic carbocycles. The van der Waals surface area contributed by atoms with Crippen molar-refractivity contribution in [1.29, 1.82) is 0 Å². The summed E-state index contributed by atoms with van der Waals surface area (Å²) < 4.78 is 6.79. The second-order valence-corrected chi connectivity index (χ2v) is 4.95. The van der Waals surface area contributed by atoms with Gasteiger partial charge in [0.15, 0.2) is 0 Å². The molecule has 0 fully saturated rings. The molecule has 0 radical (unpaired) electrons. The van der Waals surface area contributed by atoms with E-state index >= 15 is 0 Å². The van der Waals surface area contributed by atoms with E-state index in [1.807, 2.05) is 0 Å². The summed E-state index contributed by atoms with van der Waals surface area (Å²) in [4.78, 5) is 35.0. The Labute approximate surface area is 140 Å². The first-order chi connectivity index (χ1) is 12.0. The minimum atomic E-state index is -0.801. The first kappa shape index (κ1) is 16.1. The topological polar surface area (TPSA) is 109 Å². The molecule has 2 aromatic carbocycles. The highest BCUT2D eigenvalue weighted by molar-refractivity contribution is 5.86. The summed E-state index contributed by atoms with van der Waals surface area (Å²) in [7, 11) is 1.18. The summed E-state index contributed by atoms with van der Waals surface area (Å²) >= 11 is 0. The average molecular weight is 340 g/mol. The van der Waals surface area contributed by atoms with Crippen LogP contribution in [0.1, 0.15) is 10.6 Å². The number of hydrogen-bond donors (Lipinski definition) is 0. The van der Waals surface area contributed by atoms with E-state index < -0.39 is 16.6 Å². The van der Waals surface area contributed by atoms with Gasteiger partial charge in [-0.25, -0.2) is 14.2 Å². The lowest BCUT2D eigenvalue weighted by molar-refractivity contribution is -0.384. The van der Waals surface area contributed by atoms with Gasteiger partial charge in [-0.05, 0) is 24.3 Å². The summed E-state index contributed by atoms with van der Waals surface area (Å²) in [6.45, 7) is 0. The Kier molecular flexibility index (Phi) is 4.12. The Morgan fingerprint density at radius 2 is 1.72 bits per heavy atom. The Hall–Kier alpha value is -3.75. The van der Waals surface area contributed by atoms with Crippen LogP contribution in [0.5, 0.6) is 0 Å². The lowest BCUT2D eigenvalue weighted by Gasteiger charge is -2.03. The lowest BCUT2D eigenvalue weighted by atomic mass is 10.3. The molecular weight excluding hydrogens is 328 g/mol. The molecule has 9 nitrogen and oxygen atoms in total. The highest BCUT2D eigenvalue weighted by Gasteiger charge is 2.23. The Morgan fingerprint density at radius 1 is 1.08 bits per heavy atom. The number of methoxy groups -OCH3 is 1. The van der Waals surface area contributed by atoms with Crippen molar-refractivity contribution in [2.24, 2.45) is 0 Å². The maximum Gasteiger partial charge on any atom is 0.376 e. The second kappa shape index (κ2) is 6.40. The summed E-state index contributed by atoms with van der Waals surface area (Å²) in [6, 6.07) is 13.8. The number of non-ortho nitro benzene ring substituents is 1. The van der Waals surface area contributed by atoms with E-state index in [2.05, 4.69) is 9.84 Å². The number of para-hydroxylation sites is 1. The molecule has 3 aromatic rings. The van der Waals surface area contributed by atoms with E-state index in [9.17, 15) is 19.7 Å². The van der Waals surface area contributed by atoms with Gasteiger partial charge in [0.2, 0.25) is 5.82 Å². The molecule has 3 rings (SSSR count). The van der Waals surface area contributed by atoms with Crippen molar-refractivity contribution in [1.82, 2.24) is 14.3 Å². The molecule has 25 heavy (non-hydrogen) atoms. The highest BCUT2D eigenvalue weighted by Crippen LogP contribution is 2.16. The number of carbonyl (C=O) groups excluding carboxylic acids is 1. The van der Waals surface area contributed by atoms with Crippen molar-refractivity contribution in [3.63, 3.8) is 0 Å². The molecule has 0 spiro atoms. The van der Waals surface area contributed by atoms with Gasteiger partial charge < -0.3 is 4.74 Å². The van der Waals surface area contributed by atoms with E-state index in [-0.39, 0.29) is 17.2 Å². The number of nitrogens with zero attached hydrogens (tertiary/aromatic N) is 4. The first-order valence-electron chi connectivity index (χ1n) is 7.13. The Balaban J connectivity index is 2.21. The Morgan fingerprint density at radius 3 is 2.28 bits per heavy atom. The van der Waals surface area contributed by atoms with Crippen LogP contribution >= 0.6 is 0 Å². The van der Waals surface area contributed by atoms with Crippen LogP contribution < -0.4 is 5.69 Å². The number of nitro benzene ring substituents is 1. The van der Waals surface area contributed by atoms with Gasteiger partial charge in [0.1, 0.15) is 0 Å². The monoisotopic (exact) mass is 340 g/mol. The average Bonchev–Trinajstić information content (AvgIpc) is 2.99.